The third-order valence-corrected chi connectivity index (χ3v) is 3.51. The smallest absolute Gasteiger partial charge is 0.393 e. The molecule has 1 aliphatic heterocycles. The fourth-order valence-electron chi connectivity index (χ4n) is 1.92. The molecule has 1 aliphatic rings. The van der Waals surface area contributed by atoms with Crippen LogP contribution < -0.4 is 0 Å². The predicted molar refractivity (Wildman–Crippen MR) is 60.0 cm³/mol. The number of halogens is 4. The number of carbonyl (C=O) groups excluding carboxylic acids is 1. The maximum atomic E-state index is 12.5. The number of nitrogens with zero attached hydrogens (tertiary/aromatic N) is 1. The molecule has 0 bridgehead atoms. The second kappa shape index (κ2) is 6.04. The molecule has 100 valence electrons. The number of rotatable bonds is 3. The molecule has 0 aromatic carbocycles. The quantitative estimate of drug-likeness (QED) is 0.590. The Bertz CT molecular complexity index is 273. The number of hydrogen-bond acceptors (Lipinski definition) is 3. The fraction of sp³-hybridized carbons (Fsp3) is 0.900. The number of hydrogen-bond donors (Lipinski definition) is 0. The van der Waals surface area contributed by atoms with Crippen LogP contribution in [0, 0.1) is 5.92 Å². The lowest BCUT2D eigenvalue weighted by Gasteiger charge is -2.34. The number of esters is 1. The van der Waals surface area contributed by atoms with Crippen molar-refractivity contribution in [2.45, 2.75) is 23.8 Å². The third kappa shape index (κ3) is 4.46. The molecule has 0 amide bonds. The molecule has 0 N–H and O–H groups in total. The Labute approximate surface area is 106 Å². The lowest BCUT2D eigenvalue weighted by atomic mass is 9.97. The zero-order valence-corrected chi connectivity index (χ0v) is 11.1. The van der Waals surface area contributed by atoms with Crippen molar-refractivity contribution >= 4 is 21.9 Å². The molecule has 0 saturated carbocycles. The Hall–Kier alpha value is -0.300. The van der Waals surface area contributed by atoms with Crippen LogP contribution in [0.4, 0.5) is 13.2 Å². The number of likely N-dealkylation sites (tertiary alicyclic amines) is 1. The van der Waals surface area contributed by atoms with Crippen LogP contribution in [0.1, 0.15) is 12.8 Å². The van der Waals surface area contributed by atoms with Crippen molar-refractivity contribution in [3.8, 4) is 0 Å². The van der Waals surface area contributed by atoms with Gasteiger partial charge in [0.1, 0.15) is 4.83 Å². The van der Waals surface area contributed by atoms with Gasteiger partial charge in [0, 0.05) is 13.1 Å². The average Bonchev–Trinajstić information content (AvgIpc) is 2.27. The summed E-state index contributed by atoms with van der Waals surface area (Å²) in [6, 6.07) is 0. The zero-order chi connectivity index (χ0) is 13.1. The molecule has 17 heavy (non-hydrogen) atoms. The summed E-state index contributed by atoms with van der Waals surface area (Å²) in [5, 5.41) is 0. The van der Waals surface area contributed by atoms with Crippen LogP contribution in [0.3, 0.4) is 0 Å². The summed E-state index contributed by atoms with van der Waals surface area (Å²) >= 11 is 3.11. The molecule has 1 heterocycles. The second-order valence-electron chi connectivity index (χ2n) is 4.13. The van der Waals surface area contributed by atoms with Crippen LogP contribution in [0.25, 0.3) is 0 Å². The first-order valence-corrected chi connectivity index (χ1v) is 6.27. The van der Waals surface area contributed by atoms with Crippen LogP contribution in [-0.4, -0.2) is 48.6 Å². The molecule has 3 nitrogen and oxygen atoms in total. The number of alkyl halides is 4. The zero-order valence-electron chi connectivity index (χ0n) is 9.47. The highest BCUT2D eigenvalue weighted by molar-refractivity contribution is 9.10. The average molecular weight is 318 g/mol. The highest BCUT2D eigenvalue weighted by Gasteiger charge is 2.42. The molecule has 1 fully saturated rings. The standard InChI is InChI=1S/C10H15BrF3NO2/c1-17-9(16)8(11)6-15-4-2-3-7(5-15)10(12,13)14/h7-8H,2-6H2,1H3. The van der Waals surface area contributed by atoms with Crippen molar-refractivity contribution in [2.75, 3.05) is 26.7 Å². The fourth-order valence-corrected chi connectivity index (χ4v) is 2.51. The second-order valence-corrected chi connectivity index (χ2v) is 5.24. The van der Waals surface area contributed by atoms with E-state index in [4.69, 9.17) is 0 Å². The van der Waals surface area contributed by atoms with Crippen molar-refractivity contribution in [1.29, 1.82) is 0 Å². The number of methoxy groups -OCH3 is 1. The summed E-state index contributed by atoms with van der Waals surface area (Å²) in [4.78, 5) is 12.2. The van der Waals surface area contributed by atoms with Crippen molar-refractivity contribution < 1.29 is 22.7 Å². The van der Waals surface area contributed by atoms with E-state index in [9.17, 15) is 18.0 Å². The summed E-state index contributed by atoms with van der Waals surface area (Å²) in [6.07, 6.45) is -3.47. The maximum Gasteiger partial charge on any atom is 0.393 e. The minimum absolute atomic E-state index is 0.0391. The van der Waals surface area contributed by atoms with Crippen LogP contribution >= 0.6 is 15.9 Å². The molecule has 0 aromatic rings. The van der Waals surface area contributed by atoms with E-state index in [2.05, 4.69) is 20.7 Å². The van der Waals surface area contributed by atoms with Crippen molar-refractivity contribution in [1.82, 2.24) is 4.90 Å². The molecule has 2 unspecified atom stereocenters. The molecule has 0 aromatic heterocycles. The van der Waals surface area contributed by atoms with E-state index in [1.54, 1.807) is 4.90 Å². The first-order valence-electron chi connectivity index (χ1n) is 5.35. The molecule has 0 aliphatic carbocycles. The Morgan fingerprint density at radius 2 is 2.24 bits per heavy atom. The van der Waals surface area contributed by atoms with E-state index in [1.165, 1.54) is 7.11 Å². The molecule has 7 heteroatoms. The Kier molecular flexibility index (Phi) is 5.24. The highest BCUT2D eigenvalue weighted by atomic mass is 79.9. The highest BCUT2D eigenvalue weighted by Crippen LogP contribution is 2.33. The van der Waals surface area contributed by atoms with E-state index in [1.807, 2.05) is 0 Å². The summed E-state index contributed by atoms with van der Waals surface area (Å²) in [5.74, 6) is -1.74. The van der Waals surface area contributed by atoms with Gasteiger partial charge in [0.05, 0.1) is 13.0 Å². The Morgan fingerprint density at radius 1 is 1.59 bits per heavy atom. The number of piperidine rings is 1. The summed E-state index contributed by atoms with van der Waals surface area (Å²) < 4.78 is 42.2. The van der Waals surface area contributed by atoms with E-state index in [-0.39, 0.29) is 19.5 Å². The minimum Gasteiger partial charge on any atom is -0.468 e. The molecule has 1 saturated heterocycles. The number of carbonyl (C=O) groups is 1. The third-order valence-electron chi connectivity index (χ3n) is 2.84. The van der Waals surface area contributed by atoms with E-state index in [0.717, 1.165) is 0 Å². The summed E-state index contributed by atoms with van der Waals surface area (Å²) in [6.45, 7) is 0.799. The van der Waals surface area contributed by atoms with Crippen molar-refractivity contribution in [3.05, 3.63) is 0 Å². The first-order chi connectivity index (χ1) is 7.84. The lowest BCUT2D eigenvalue weighted by molar-refractivity contribution is -0.186. The van der Waals surface area contributed by atoms with Gasteiger partial charge in [-0.25, -0.2) is 0 Å². The van der Waals surface area contributed by atoms with Gasteiger partial charge < -0.3 is 9.64 Å². The van der Waals surface area contributed by atoms with Gasteiger partial charge in [-0.3, -0.25) is 4.79 Å². The van der Waals surface area contributed by atoms with Gasteiger partial charge in [0.2, 0.25) is 0 Å². The van der Waals surface area contributed by atoms with Gasteiger partial charge in [0.15, 0.2) is 0 Å². The van der Waals surface area contributed by atoms with Crippen LogP contribution in [0.2, 0.25) is 0 Å². The Morgan fingerprint density at radius 3 is 2.76 bits per heavy atom. The van der Waals surface area contributed by atoms with E-state index in [0.29, 0.717) is 13.0 Å². The first kappa shape index (κ1) is 14.8. The monoisotopic (exact) mass is 317 g/mol. The van der Waals surface area contributed by atoms with Crippen LogP contribution in [0.5, 0.6) is 0 Å². The van der Waals surface area contributed by atoms with Gasteiger partial charge in [-0.05, 0) is 19.4 Å². The van der Waals surface area contributed by atoms with E-state index < -0.39 is 22.9 Å². The van der Waals surface area contributed by atoms with Gasteiger partial charge in [-0.1, -0.05) is 15.9 Å². The summed E-state index contributed by atoms with van der Waals surface area (Å²) in [5.41, 5.74) is 0. The van der Waals surface area contributed by atoms with Gasteiger partial charge in [0.25, 0.3) is 0 Å². The van der Waals surface area contributed by atoms with Crippen LogP contribution in [-0.2, 0) is 9.53 Å². The van der Waals surface area contributed by atoms with Gasteiger partial charge >= 0.3 is 12.1 Å². The topological polar surface area (TPSA) is 29.5 Å². The molecule has 0 spiro atoms. The molecular formula is C10H15BrF3NO2. The SMILES string of the molecule is COC(=O)C(Br)CN1CCCC(C(F)(F)F)C1. The van der Waals surface area contributed by atoms with Crippen LogP contribution in [0.15, 0.2) is 0 Å². The molecule has 0 radical (unpaired) electrons. The van der Waals surface area contributed by atoms with Crippen molar-refractivity contribution in [2.24, 2.45) is 5.92 Å². The molecular weight excluding hydrogens is 303 g/mol. The van der Waals surface area contributed by atoms with Gasteiger partial charge in [-0.15, -0.1) is 0 Å². The molecule has 2 atom stereocenters. The summed E-state index contributed by atoms with van der Waals surface area (Å²) in [7, 11) is 1.26. The predicted octanol–water partition coefficient (Wildman–Crippen LogP) is 2.20. The van der Waals surface area contributed by atoms with E-state index >= 15 is 0 Å². The number of ether oxygens (including phenoxy) is 1. The lowest BCUT2D eigenvalue weighted by Crippen LogP contribution is -2.45. The van der Waals surface area contributed by atoms with Gasteiger partial charge in [-0.2, -0.15) is 13.2 Å². The Balaban J connectivity index is 2.47. The largest absolute Gasteiger partial charge is 0.468 e. The maximum absolute atomic E-state index is 12.5. The van der Waals surface area contributed by atoms with Crippen molar-refractivity contribution in [3.63, 3.8) is 0 Å². The minimum atomic E-state index is -4.15. The normalized spacial score (nSPS) is 24.4. The molecule has 1 rings (SSSR count).